The molecule has 0 N–H and O–H groups in total. The van der Waals surface area contributed by atoms with Gasteiger partial charge in [-0.25, -0.2) is 0 Å². The minimum atomic E-state index is -1.69. The third-order valence-electron chi connectivity index (χ3n) is 4.95. The van der Waals surface area contributed by atoms with Gasteiger partial charge in [0, 0.05) is 5.39 Å². The molecule has 0 aromatic heterocycles. The SMILES string of the molecule is CCc1ccc(OP(Oc2ccc(CC)cc2)Oc2cccc3ccccc23)cc1. The average molecular weight is 416 g/mol. The number of fused-ring (bicyclic) bond motifs is 1. The van der Waals surface area contributed by atoms with E-state index in [1.165, 1.54) is 11.1 Å². The maximum atomic E-state index is 6.27. The monoisotopic (exact) mass is 416 g/mol. The molecule has 0 aliphatic heterocycles. The van der Waals surface area contributed by atoms with Crippen LogP contribution in [0, 0.1) is 0 Å². The van der Waals surface area contributed by atoms with Crippen molar-refractivity contribution in [2.24, 2.45) is 0 Å². The summed E-state index contributed by atoms with van der Waals surface area (Å²) in [5.41, 5.74) is 2.52. The van der Waals surface area contributed by atoms with E-state index in [9.17, 15) is 0 Å². The van der Waals surface area contributed by atoms with Crippen LogP contribution in [0.25, 0.3) is 10.8 Å². The summed E-state index contributed by atoms with van der Waals surface area (Å²) in [6.07, 6.45) is 1.98. The molecule has 0 bridgehead atoms. The van der Waals surface area contributed by atoms with E-state index in [1.54, 1.807) is 0 Å². The van der Waals surface area contributed by atoms with Gasteiger partial charge in [0.25, 0.3) is 0 Å². The molecular weight excluding hydrogens is 391 g/mol. The Labute approximate surface area is 179 Å². The Kier molecular flexibility index (Phi) is 6.51. The zero-order valence-corrected chi connectivity index (χ0v) is 18.1. The van der Waals surface area contributed by atoms with Crippen molar-refractivity contribution < 1.29 is 13.6 Å². The quantitative estimate of drug-likeness (QED) is 0.275. The summed E-state index contributed by atoms with van der Waals surface area (Å²) in [4.78, 5) is 0. The topological polar surface area (TPSA) is 27.7 Å². The highest BCUT2D eigenvalue weighted by Crippen LogP contribution is 2.44. The van der Waals surface area contributed by atoms with Crippen molar-refractivity contribution in [2.45, 2.75) is 26.7 Å². The summed E-state index contributed by atoms with van der Waals surface area (Å²) in [5.74, 6) is 2.20. The molecule has 30 heavy (non-hydrogen) atoms. The zero-order chi connectivity index (χ0) is 20.8. The molecule has 4 aromatic rings. The van der Waals surface area contributed by atoms with E-state index in [4.69, 9.17) is 13.6 Å². The molecule has 152 valence electrons. The van der Waals surface area contributed by atoms with Crippen molar-refractivity contribution in [2.75, 3.05) is 0 Å². The van der Waals surface area contributed by atoms with Crippen molar-refractivity contribution in [1.29, 1.82) is 0 Å². The number of hydrogen-bond acceptors (Lipinski definition) is 3. The van der Waals surface area contributed by atoms with E-state index in [1.807, 2.05) is 54.6 Å². The van der Waals surface area contributed by atoms with Gasteiger partial charge in [0.2, 0.25) is 0 Å². The second-order valence-corrected chi connectivity index (χ2v) is 7.96. The van der Waals surface area contributed by atoms with Crippen LogP contribution >= 0.6 is 8.60 Å². The average Bonchev–Trinajstić information content (AvgIpc) is 2.80. The highest BCUT2D eigenvalue weighted by Gasteiger charge is 2.21. The van der Waals surface area contributed by atoms with Crippen molar-refractivity contribution in [3.05, 3.63) is 102 Å². The molecule has 0 spiro atoms. The summed E-state index contributed by atoms with van der Waals surface area (Å²) >= 11 is 0. The van der Waals surface area contributed by atoms with E-state index < -0.39 is 8.60 Å². The number of benzene rings is 4. The van der Waals surface area contributed by atoms with E-state index in [-0.39, 0.29) is 0 Å². The van der Waals surface area contributed by atoms with Gasteiger partial charge in [-0.15, -0.1) is 0 Å². The fourth-order valence-electron chi connectivity index (χ4n) is 3.16. The third-order valence-corrected chi connectivity index (χ3v) is 6.01. The summed E-state index contributed by atoms with van der Waals surface area (Å²) < 4.78 is 18.6. The molecule has 0 aliphatic rings. The Morgan fingerprint density at radius 2 is 1.10 bits per heavy atom. The number of aryl methyl sites for hydroxylation is 2. The molecule has 3 nitrogen and oxygen atoms in total. The van der Waals surface area contributed by atoms with Gasteiger partial charge in [-0.2, -0.15) is 0 Å². The van der Waals surface area contributed by atoms with Crippen LogP contribution in [0.15, 0.2) is 91.0 Å². The lowest BCUT2D eigenvalue weighted by molar-refractivity contribution is 0.390. The minimum Gasteiger partial charge on any atom is -0.409 e. The molecule has 4 heteroatoms. The molecule has 0 heterocycles. The highest BCUT2D eigenvalue weighted by molar-refractivity contribution is 7.43. The predicted molar refractivity (Wildman–Crippen MR) is 124 cm³/mol. The normalized spacial score (nSPS) is 10.9. The fourth-order valence-corrected chi connectivity index (χ4v) is 4.17. The van der Waals surface area contributed by atoms with Gasteiger partial charge in [0.15, 0.2) is 0 Å². The Bertz CT molecular complexity index is 1040. The van der Waals surface area contributed by atoms with Crippen LogP contribution < -0.4 is 13.6 Å². The fraction of sp³-hybridized carbons (Fsp3) is 0.154. The van der Waals surface area contributed by atoms with Gasteiger partial charge in [0.1, 0.15) is 17.2 Å². The first-order valence-corrected chi connectivity index (χ1v) is 11.3. The molecule has 0 atom stereocenters. The summed E-state index contributed by atoms with van der Waals surface area (Å²) in [6, 6.07) is 30.3. The van der Waals surface area contributed by atoms with Crippen LogP contribution in [-0.4, -0.2) is 0 Å². The minimum absolute atomic E-state index is 0.726. The van der Waals surface area contributed by atoms with Gasteiger partial charge in [-0.3, -0.25) is 0 Å². The van der Waals surface area contributed by atoms with Gasteiger partial charge >= 0.3 is 8.60 Å². The standard InChI is InChI=1S/C26H25O3P/c1-3-20-12-16-23(17-13-20)27-30(28-24-18-14-21(4-2)15-19-24)29-26-11-7-9-22-8-5-6-10-25(22)26/h5-19H,3-4H2,1-2H3. The van der Waals surface area contributed by atoms with Gasteiger partial charge in [-0.05, 0) is 59.7 Å². The molecule has 0 unspecified atom stereocenters. The van der Waals surface area contributed by atoms with Crippen LogP contribution in [0.3, 0.4) is 0 Å². The second-order valence-electron chi connectivity index (χ2n) is 6.97. The van der Waals surface area contributed by atoms with Crippen molar-refractivity contribution in [1.82, 2.24) is 0 Å². The summed E-state index contributed by atoms with van der Waals surface area (Å²) in [5, 5.41) is 2.15. The van der Waals surface area contributed by atoms with Crippen molar-refractivity contribution in [3.63, 3.8) is 0 Å². The lowest BCUT2D eigenvalue weighted by atomic mass is 10.1. The molecule has 4 aromatic carbocycles. The molecule has 4 rings (SSSR count). The van der Waals surface area contributed by atoms with Gasteiger partial charge < -0.3 is 13.6 Å². The Hall–Kier alpha value is -3.03. The van der Waals surface area contributed by atoms with E-state index in [0.717, 1.165) is 40.9 Å². The summed E-state index contributed by atoms with van der Waals surface area (Å²) in [7, 11) is -1.69. The maximum Gasteiger partial charge on any atom is 0.530 e. The third kappa shape index (κ3) is 4.93. The van der Waals surface area contributed by atoms with Crippen molar-refractivity contribution in [3.8, 4) is 17.2 Å². The lowest BCUT2D eigenvalue weighted by Crippen LogP contribution is -2.03. The van der Waals surface area contributed by atoms with Crippen LogP contribution in [0.2, 0.25) is 0 Å². The van der Waals surface area contributed by atoms with Crippen LogP contribution in [0.5, 0.6) is 17.2 Å². The van der Waals surface area contributed by atoms with Crippen molar-refractivity contribution >= 4 is 19.4 Å². The molecular formula is C26H25O3P. The van der Waals surface area contributed by atoms with E-state index >= 15 is 0 Å². The Morgan fingerprint density at radius 1 is 0.567 bits per heavy atom. The highest BCUT2D eigenvalue weighted by atomic mass is 31.2. The smallest absolute Gasteiger partial charge is 0.409 e. The summed E-state index contributed by atoms with van der Waals surface area (Å²) in [6.45, 7) is 4.27. The second kappa shape index (κ2) is 9.65. The largest absolute Gasteiger partial charge is 0.530 e. The molecule has 0 radical (unpaired) electrons. The zero-order valence-electron chi connectivity index (χ0n) is 17.2. The number of hydrogen-bond donors (Lipinski definition) is 0. The predicted octanol–water partition coefficient (Wildman–Crippen LogP) is 7.73. The maximum absolute atomic E-state index is 6.27. The first-order valence-electron chi connectivity index (χ1n) is 10.2. The van der Waals surface area contributed by atoms with Crippen LogP contribution in [0.1, 0.15) is 25.0 Å². The van der Waals surface area contributed by atoms with E-state index in [0.29, 0.717) is 0 Å². The van der Waals surface area contributed by atoms with Gasteiger partial charge in [0.05, 0.1) is 0 Å². The molecule has 0 fully saturated rings. The van der Waals surface area contributed by atoms with Gasteiger partial charge in [-0.1, -0.05) is 74.5 Å². The first kappa shape index (κ1) is 20.3. The number of rotatable bonds is 8. The molecule has 0 saturated heterocycles. The molecule has 0 saturated carbocycles. The molecule has 0 amide bonds. The molecule has 0 aliphatic carbocycles. The Balaban J connectivity index is 1.60. The lowest BCUT2D eigenvalue weighted by Gasteiger charge is -2.19. The van der Waals surface area contributed by atoms with Crippen LogP contribution in [-0.2, 0) is 12.8 Å². The Morgan fingerprint density at radius 3 is 1.67 bits per heavy atom. The first-order chi connectivity index (χ1) is 14.7. The van der Waals surface area contributed by atoms with E-state index in [2.05, 4.69) is 50.2 Å². The van der Waals surface area contributed by atoms with Crippen LogP contribution in [0.4, 0.5) is 0 Å².